The lowest BCUT2D eigenvalue weighted by atomic mass is 9.93. The SMILES string of the molecule is CCCOc1ccc(NC(=O)CCC2CCNCC2)cc1Cl. The van der Waals surface area contributed by atoms with Crippen molar-refractivity contribution in [3.63, 3.8) is 0 Å². The average molecular weight is 325 g/mol. The minimum atomic E-state index is 0.0526. The first-order valence-corrected chi connectivity index (χ1v) is 8.49. The number of carbonyl (C=O) groups excluding carboxylic acids is 1. The fraction of sp³-hybridized carbons (Fsp3) is 0.588. The summed E-state index contributed by atoms with van der Waals surface area (Å²) in [4.78, 5) is 12.0. The minimum Gasteiger partial charge on any atom is -0.492 e. The van der Waals surface area contributed by atoms with Gasteiger partial charge in [0, 0.05) is 12.1 Å². The van der Waals surface area contributed by atoms with Crippen molar-refractivity contribution in [2.45, 2.75) is 39.0 Å². The Labute approximate surface area is 137 Å². The van der Waals surface area contributed by atoms with Crippen LogP contribution in [0.4, 0.5) is 5.69 Å². The molecular formula is C17H25ClN2O2. The molecule has 1 saturated heterocycles. The Bertz CT molecular complexity index is 488. The number of ether oxygens (including phenoxy) is 1. The third kappa shape index (κ3) is 5.50. The standard InChI is InChI=1S/C17H25ClN2O2/c1-2-11-22-16-5-4-14(12-15(16)18)20-17(21)6-3-13-7-9-19-10-8-13/h4-5,12-13,19H,2-3,6-11H2,1H3,(H,20,21). The van der Waals surface area contributed by atoms with Gasteiger partial charge in [0.25, 0.3) is 0 Å². The number of piperidine rings is 1. The predicted octanol–water partition coefficient (Wildman–Crippen LogP) is 3.85. The van der Waals surface area contributed by atoms with Gasteiger partial charge >= 0.3 is 0 Å². The van der Waals surface area contributed by atoms with Crippen LogP contribution >= 0.6 is 11.6 Å². The quantitative estimate of drug-likeness (QED) is 0.801. The smallest absolute Gasteiger partial charge is 0.224 e. The zero-order valence-corrected chi connectivity index (χ0v) is 13.9. The van der Waals surface area contributed by atoms with Crippen molar-refractivity contribution in [3.05, 3.63) is 23.2 Å². The average Bonchev–Trinajstić information content (AvgIpc) is 2.53. The molecule has 1 amide bonds. The van der Waals surface area contributed by atoms with E-state index >= 15 is 0 Å². The topological polar surface area (TPSA) is 50.4 Å². The van der Waals surface area contributed by atoms with Gasteiger partial charge in [-0.05, 0) is 62.9 Å². The fourth-order valence-corrected chi connectivity index (χ4v) is 2.87. The van der Waals surface area contributed by atoms with Gasteiger partial charge in [0.05, 0.1) is 11.6 Å². The van der Waals surface area contributed by atoms with Crippen molar-refractivity contribution in [2.24, 2.45) is 5.92 Å². The first-order chi connectivity index (χ1) is 10.7. The van der Waals surface area contributed by atoms with E-state index in [4.69, 9.17) is 16.3 Å². The van der Waals surface area contributed by atoms with Crippen LogP contribution in [0, 0.1) is 5.92 Å². The van der Waals surface area contributed by atoms with E-state index < -0.39 is 0 Å². The second-order valence-electron chi connectivity index (χ2n) is 5.77. The Hall–Kier alpha value is -1.26. The molecule has 1 fully saturated rings. The number of benzene rings is 1. The molecule has 0 bridgehead atoms. The Balaban J connectivity index is 1.79. The fourth-order valence-electron chi connectivity index (χ4n) is 2.64. The van der Waals surface area contributed by atoms with Gasteiger partial charge in [-0.25, -0.2) is 0 Å². The summed E-state index contributed by atoms with van der Waals surface area (Å²) in [5, 5.41) is 6.78. The van der Waals surface area contributed by atoms with Crippen molar-refractivity contribution in [3.8, 4) is 5.75 Å². The zero-order valence-electron chi connectivity index (χ0n) is 13.2. The van der Waals surface area contributed by atoms with Gasteiger partial charge in [-0.15, -0.1) is 0 Å². The van der Waals surface area contributed by atoms with Crippen molar-refractivity contribution in [1.29, 1.82) is 0 Å². The number of anilines is 1. The van der Waals surface area contributed by atoms with Crippen LogP contribution in [0.3, 0.4) is 0 Å². The Morgan fingerprint density at radius 2 is 2.18 bits per heavy atom. The Morgan fingerprint density at radius 1 is 1.41 bits per heavy atom. The van der Waals surface area contributed by atoms with E-state index in [2.05, 4.69) is 10.6 Å². The first kappa shape index (κ1) is 17.1. The molecule has 1 heterocycles. The molecule has 1 aliphatic rings. The second-order valence-corrected chi connectivity index (χ2v) is 6.18. The third-order valence-corrected chi connectivity index (χ3v) is 4.21. The zero-order chi connectivity index (χ0) is 15.8. The van der Waals surface area contributed by atoms with E-state index in [0.29, 0.717) is 29.7 Å². The molecule has 0 aliphatic carbocycles. The minimum absolute atomic E-state index is 0.0526. The molecule has 0 atom stereocenters. The summed E-state index contributed by atoms with van der Waals surface area (Å²) in [6, 6.07) is 5.38. The van der Waals surface area contributed by atoms with Crippen LogP contribution in [0.15, 0.2) is 18.2 Å². The maximum Gasteiger partial charge on any atom is 0.224 e. The van der Waals surface area contributed by atoms with Gasteiger partial charge in [0.1, 0.15) is 5.75 Å². The first-order valence-electron chi connectivity index (χ1n) is 8.12. The lowest BCUT2D eigenvalue weighted by molar-refractivity contribution is -0.116. The third-order valence-electron chi connectivity index (χ3n) is 3.92. The molecule has 0 unspecified atom stereocenters. The molecule has 0 spiro atoms. The summed E-state index contributed by atoms with van der Waals surface area (Å²) in [5.74, 6) is 1.38. The summed E-state index contributed by atoms with van der Waals surface area (Å²) in [5.41, 5.74) is 0.726. The Kier molecular flexibility index (Phi) is 7.00. The molecule has 1 aromatic rings. The summed E-state index contributed by atoms with van der Waals surface area (Å²) in [7, 11) is 0. The second kappa shape index (κ2) is 9.01. The van der Waals surface area contributed by atoms with Gasteiger partial charge in [0.15, 0.2) is 0 Å². The largest absolute Gasteiger partial charge is 0.492 e. The molecule has 5 heteroatoms. The monoisotopic (exact) mass is 324 g/mol. The summed E-state index contributed by atoms with van der Waals surface area (Å²) < 4.78 is 5.52. The van der Waals surface area contributed by atoms with Gasteiger partial charge in [0.2, 0.25) is 5.91 Å². The predicted molar refractivity (Wildman–Crippen MR) is 90.7 cm³/mol. The van der Waals surface area contributed by atoms with Crippen LogP contribution in [-0.2, 0) is 4.79 Å². The van der Waals surface area contributed by atoms with E-state index in [0.717, 1.165) is 31.6 Å². The van der Waals surface area contributed by atoms with Crippen LogP contribution in [0.1, 0.15) is 39.0 Å². The molecule has 1 aliphatic heterocycles. The number of nitrogens with one attached hydrogen (secondary N) is 2. The van der Waals surface area contributed by atoms with Crippen LogP contribution < -0.4 is 15.4 Å². The van der Waals surface area contributed by atoms with E-state index in [9.17, 15) is 4.79 Å². The molecule has 22 heavy (non-hydrogen) atoms. The highest BCUT2D eigenvalue weighted by Crippen LogP contribution is 2.28. The number of hydrogen-bond acceptors (Lipinski definition) is 3. The van der Waals surface area contributed by atoms with Crippen molar-refractivity contribution >= 4 is 23.2 Å². The lowest BCUT2D eigenvalue weighted by Crippen LogP contribution is -2.28. The molecule has 0 radical (unpaired) electrons. The maximum atomic E-state index is 12.0. The highest BCUT2D eigenvalue weighted by Gasteiger charge is 2.14. The van der Waals surface area contributed by atoms with E-state index in [1.54, 1.807) is 12.1 Å². The van der Waals surface area contributed by atoms with Crippen LogP contribution in [0.5, 0.6) is 5.75 Å². The summed E-state index contributed by atoms with van der Waals surface area (Å²) in [6.45, 7) is 4.83. The number of rotatable bonds is 7. The van der Waals surface area contributed by atoms with Crippen LogP contribution in [-0.4, -0.2) is 25.6 Å². The molecule has 2 rings (SSSR count). The van der Waals surface area contributed by atoms with Gasteiger partial charge in [-0.2, -0.15) is 0 Å². The molecular weight excluding hydrogens is 300 g/mol. The molecule has 2 N–H and O–H groups in total. The van der Waals surface area contributed by atoms with Gasteiger partial charge in [-0.3, -0.25) is 4.79 Å². The van der Waals surface area contributed by atoms with Crippen molar-refractivity contribution in [2.75, 3.05) is 25.0 Å². The Morgan fingerprint density at radius 3 is 2.86 bits per heavy atom. The van der Waals surface area contributed by atoms with Crippen molar-refractivity contribution in [1.82, 2.24) is 5.32 Å². The highest BCUT2D eigenvalue weighted by molar-refractivity contribution is 6.32. The van der Waals surface area contributed by atoms with Crippen LogP contribution in [0.2, 0.25) is 5.02 Å². The number of hydrogen-bond donors (Lipinski definition) is 2. The van der Waals surface area contributed by atoms with Gasteiger partial charge in [-0.1, -0.05) is 18.5 Å². The normalized spacial score (nSPS) is 15.5. The van der Waals surface area contributed by atoms with E-state index in [-0.39, 0.29) is 5.91 Å². The molecule has 0 saturated carbocycles. The van der Waals surface area contributed by atoms with Crippen LogP contribution in [0.25, 0.3) is 0 Å². The highest BCUT2D eigenvalue weighted by atomic mass is 35.5. The molecule has 0 aromatic heterocycles. The maximum absolute atomic E-state index is 12.0. The number of amides is 1. The summed E-state index contributed by atoms with van der Waals surface area (Å²) in [6.07, 6.45) is 4.80. The number of halogens is 1. The molecule has 4 nitrogen and oxygen atoms in total. The van der Waals surface area contributed by atoms with Gasteiger partial charge < -0.3 is 15.4 Å². The lowest BCUT2D eigenvalue weighted by Gasteiger charge is -2.22. The molecule has 1 aromatic carbocycles. The van der Waals surface area contributed by atoms with Crippen molar-refractivity contribution < 1.29 is 9.53 Å². The van der Waals surface area contributed by atoms with E-state index in [1.807, 2.05) is 13.0 Å². The van der Waals surface area contributed by atoms with E-state index in [1.165, 1.54) is 12.8 Å². The molecule has 122 valence electrons. The number of carbonyl (C=O) groups is 1. The summed E-state index contributed by atoms with van der Waals surface area (Å²) >= 11 is 6.16.